The Labute approximate surface area is 124 Å². The molecule has 0 saturated carbocycles. The molecule has 112 valence electrons. The SMILES string of the molecule is Cc1nc(N2CC[C@@H]3NCCC[C@@H]3C2)c2cnn(C)c2n1. The number of anilines is 1. The Hall–Kier alpha value is -1.69. The molecule has 0 radical (unpaired) electrons. The van der Waals surface area contributed by atoms with Crippen LogP contribution in [0.4, 0.5) is 5.82 Å². The van der Waals surface area contributed by atoms with Gasteiger partial charge in [0.05, 0.1) is 11.6 Å². The van der Waals surface area contributed by atoms with E-state index in [1.54, 1.807) is 0 Å². The lowest BCUT2D eigenvalue weighted by Gasteiger charge is -2.42. The van der Waals surface area contributed by atoms with Gasteiger partial charge in [0.1, 0.15) is 11.6 Å². The number of nitrogens with one attached hydrogen (secondary N) is 1. The van der Waals surface area contributed by atoms with E-state index in [9.17, 15) is 0 Å². The van der Waals surface area contributed by atoms with Gasteiger partial charge < -0.3 is 10.2 Å². The number of piperidine rings is 2. The van der Waals surface area contributed by atoms with Gasteiger partial charge in [0.25, 0.3) is 0 Å². The molecule has 2 aromatic heterocycles. The molecule has 6 nitrogen and oxygen atoms in total. The minimum Gasteiger partial charge on any atom is -0.355 e. The highest BCUT2D eigenvalue weighted by molar-refractivity contribution is 5.87. The van der Waals surface area contributed by atoms with Gasteiger partial charge in [0, 0.05) is 26.2 Å². The summed E-state index contributed by atoms with van der Waals surface area (Å²) >= 11 is 0. The van der Waals surface area contributed by atoms with Gasteiger partial charge in [-0.05, 0) is 38.6 Å². The van der Waals surface area contributed by atoms with E-state index in [1.807, 2.05) is 24.9 Å². The monoisotopic (exact) mass is 286 g/mol. The molecule has 21 heavy (non-hydrogen) atoms. The molecular formula is C15H22N6. The summed E-state index contributed by atoms with van der Waals surface area (Å²) in [7, 11) is 1.94. The second-order valence-corrected chi connectivity index (χ2v) is 6.30. The van der Waals surface area contributed by atoms with Crippen LogP contribution in [0.15, 0.2) is 6.20 Å². The van der Waals surface area contributed by atoms with Crippen LogP contribution < -0.4 is 10.2 Å². The molecule has 0 spiro atoms. The lowest BCUT2D eigenvalue weighted by atomic mass is 9.85. The third kappa shape index (κ3) is 2.18. The first kappa shape index (κ1) is 13.0. The number of hydrogen-bond acceptors (Lipinski definition) is 5. The summed E-state index contributed by atoms with van der Waals surface area (Å²) in [6.45, 7) is 5.30. The summed E-state index contributed by atoms with van der Waals surface area (Å²) in [5.41, 5.74) is 0.932. The fraction of sp³-hybridized carbons (Fsp3) is 0.667. The van der Waals surface area contributed by atoms with E-state index in [2.05, 4.69) is 20.3 Å². The van der Waals surface area contributed by atoms with Gasteiger partial charge in [-0.1, -0.05) is 0 Å². The Kier molecular flexibility index (Phi) is 3.06. The Balaban J connectivity index is 1.70. The minimum atomic E-state index is 0.697. The van der Waals surface area contributed by atoms with Crippen molar-refractivity contribution in [3.63, 3.8) is 0 Å². The second-order valence-electron chi connectivity index (χ2n) is 6.30. The molecule has 0 bridgehead atoms. The van der Waals surface area contributed by atoms with Crippen molar-refractivity contribution in [2.75, 3.05) is 24.5 Å². The predicted octanol–water partition coefficient (Wildman–Crippen LogP) is 1.25. The number of aromatic nitrogens is 4. The van der Waals surface area contributed by atoms with Crippen molar-refractivity contribution in [3.05, 3.63) is 12.0 Å². The first-order valence-electron chi connectivity index (χ1n) is 7.87. The molecule has 4 rings (SSSR count). The minimum absolute atomic E-state index is 0.697. The van der Waals surface area contributed by atoms with Crippen LogP contribution >= 0.6 is 0 Å². The van der Waals surface area contributed by atoms with Crippen LogP contribution in [-0.2, 0) is 7.05 Å². The van der Waals surface area contributed by atoms with Crippen LogP contribution in [-0.4, -0.2) is 45.4 Å². The first-order valence-corrected chi connectivity index (χ1v) is 7.87. The summed E-state index contributed by atoms with van der Waals surface area (Å²) in [4.78, 5) is 11.7. The van der Waals surface area contributed by atoms with Crippen molar-refractivity contribution in [1.29, 1.82) is 0 Å². The molecule has 0 unspecified atom stereocenters. The fourth-order valence-corrected chi connectivity index (χ4v) is 3.79. The number of rotatable bonds is 1. The van der Waals surface area contributed by atoms with Gasteiger partial charge in [-0.3, -0.25) is 4.68 Å². The van der Waals surface area contributed by atoms with Gasteiger partial charge in [0.15, 0.2) is 5.65 Å². The average molecular weight is 286 g/mol. The van der Waals surface area contributed by atoms with Crippen LogP contribution in [0.5, 0.6) is 0 Å². The third-order valence-corrected chi connectivity index (χ3v) is 4.88. The highest BCUT2D eigenvalue weighted by Crippen LogP contribution is 2.30. The van der Waals surface area contributed by atoms with E-state index < -0.39 is 0 Å². The van der Waals surface area contributed by atoms with E-state index in [0.717, 1.165) is 41.7 Å². The van der Waals surface area contributed by atoms with Crippen molar-refractivity contribution in [3.8, 4) is 0 Å². The number of hydrogen-bond donors (Lipinski definition) is 1. The number of fused-ring (bicyclic) bond motifs is 2. The maximum atomic E-state index is 4.72. The zero-order valence-electron chi connectivity index (χ0n) is 12.7. The van der Waals surface area contributed by atoms with Gasteiger partial charge in [-0.25, -0.2) is 9.97 Å². The lowest BCUT2D eigenvalue weighted by molar-refractivity contribution is 0.244. The van der Waals surface area contributed by atoms with E-state index >= 15 is 0 Å². The standard InChI is InChI=1S/C15H22N6/c1-10-18-14-12(8-17-20(14)2)15(19-10)21-7-5-13-11(9-21)4-3-6-16-13/h8,11,13,16H,3-7,9H2,1-2H3/t11-,13+/m1/s1. The second kappa shape index (κ2) is 4.94. The molecule has 2 saturated heterocycles. The quantitative estimate of drug-likeness (QED) is 0.855. The summed E-state index contributed by atoms with van der Waals surface area (Å²) in [6.07, 6.45) is 5.72. The normalized spacial score (nSPS) is 26.1. The fourth-order valence-electron chi connectivity index (χ4n) is 3.79. The van der Waals surface area contributed by atoms with Crippen molar-refractivity contribution in [2.45, 2.75) is 32.2 Å². The van der Waals surface area contributed by atoms with Crippen LogP contribution in [0.1, 0.15) is 25.1 Å². The van der Waals surface area contributed by atoms with Crippen LogP contribution in [0, 0.1) is 12.8 Å². The average Bonchev–Trinajstić information content (AvgIpc) is 2.87. The smallest absolute Gasteiger partial charge is 0.163 e. The van der Waals surface area contributed by atoms with Crippen molar-refractivity contribution >= 4 is 16.9 Å². The van der Waals surface area contributed by atoms with Gasteiger partial charge in [0.2, 0.25) is 0 Å². The molecule has 2 aliphatic rings. The zero-order valence-corrected chi connectivity index (χ0v) is 12.7. The molecule has 2 atom stereocenters. The maximum Gasteiger partial charge on any atom is 0.163 e. The van der Waals surface area contributed by atoms with E-state index in [4.69, 9.17) is 4.98 Å². The van der Waals surface area contributed by atoms with Gasteiger partial charge in [-0.15, -0.1) is 0 Å². The number of aryl methyl sites for hydroxylation is 2. The molecule has 2 aromatic rings. The van der Waals surface area contributed by atoms with Crippen molar-refractivity contribution in [1.82, 2.24) is 25.1 Å². The van der Waals surface area contributed by atoms with E-state index in [1.165, 1.54) is 25.8 Å². The Bertz CT molecular complexity index is 663. The highest BCUT2D eigenvalue weighted by Gasteiger charge is 2.32. The van der Waals surface area contributed by atoms with Crippen LogP contribution in [0.3, 0.4) is 0 Å². The molecular weight excluding hydrogens is 264 g/mol. The summed E-state index contributed by atoms with van der Waals surface area (Å²) in [6, 6.07) is 0.697. The zero-order chi connectivity index (χ0) is 14.4. The molecule has 4 heterocycles. The van der Waals surface area contributed by atoms with Gasteiger partial charge >= 0.3 is 0 Å². The highest BCUT2D eigenvalue weighted by atomic mass is 15.3. The largest absolute Gasteiger partial charge is 0.355 e. The topological polar surface area (TPSA) is 58.9 Å². The molecule has 6 heteroatoms. The Morgan fingerprint density at radius 2 is 2.19 bits per heavy atom. The van der Waals surface area contributed by atoms with Gasteiger partial charge in [-0.2, -0.15) is 5.10 Å². The molecule has 0 aliphatic carbocycles. The van der Waals surface area contributed by atoms with E-state index in [-0.39, 0.29) is 0 Å². The number of nitrogens with zero attached hydrogens (tertiary/aromatic N) is 5. The molecule has 0 amide bonds. The summed E-state index contributed by atoms with van der Waals surface area (Å²) < 4.78 is 1.84. The maximum absolute atomic E-state index is 4.72. The van der Waals surface area contributed by atoms with Crippen LogP contribution in [0.25, 0.3) is 11.0 Å². The molecule has 2 fully saturated rings. The molecule has 1 N–H and O–H groups in total. The van der Waals surface area contributed by atoms with Crippen molar-refractivity contribution in [2.24, 2.45) is 13.0 Å². The first-order chi connectivity index (χ1) is 10.2. The summed E-state index contributed by atoms with van der Waals surface area (Å²) in [5, 5.41) is 9.09. The predicted molar refractivity (Wildman–Crippen MR) is 82.4 cm³/mol. The van der Waals surface area contributed by atoms with Crippen molar-refractivity contribution < 1.29 is 0 Å². The van der Waals surface area contributed by atoms with E-state index in [0.29, 0.717) is 6.04 Å². The summed E-state index contributed by atoms with van der Waals surface area (Å²) in [5.74, 6) is 2.63. The Morgan fingerprint density at radius 1 is 1.29 bits per heavy atom. The molecule has 0 aromatic carbocycles. The third-order valence-electron chi connectivity index (χ3n) is 4.88. The molecule has 2 aliphatic heterocycles. The Morgan fingerprint density at radius 3 is 3.10 bits per heavy atom. The lowest BCUT2D eigenvalue weighted by Crippen LogP contribution is -2.52. The van der Waals surface area contributed by atoms with Crippen LogP contribution in [0.2, 0.25) is 0 Å².